The molecule has 0 fully saturated rings. The summed E-state index contributed by atoms with van der Waals surface area (Å²) in [6.45, 7) is 3.57. The average molecular weight is 288 g/mol. The number of hydrogen-bond donors (Lipinski definition) is 2. The number of benzene rings is 1. The lowest BCUT2D eigenvalue weighted by Gasteiger charge is -2.19. The minimum Gasteiger partial charge on any atom is -0.486 e. The normalized spacial score (nSPS) is 21.7. The van der Waals surface area contributed by atoms with Crippen LogP contribution in [0.15, 0.2) is 55.2 Å². The zero-order chi connectivity index (χ0) is 15.2. The summed E-state index contributed by atoms with van der Waals surface area (Å²) in [5.41, 5.74) is 6.18. The van der Waals surface area contributed by atoms with Gasteiger partial charge in [-0.1, -0.05) is 37.0 Å². The number of rotatable bonds is 4. The molecule has 1 aromatic rings. The Morgan fingerprint density at radius 3 is 2.95 bits per heavy atom. The Kier molecular flexibility index (Phi) is 4.90. The van der Waals surface area contributed by atoms with E-state index in [2.05, 4.69) is 11.9 Å². The van der Waals surface area contributed by atoms with Crippen LogP contribution in [-0.2, 0) is 4.79 Å². The molecular weight excluding hydrogens is 271 g/mol. The van der Waals surface area contributed by atoms with Crippen molar-refractivity contribution in [1.82, 2.24) is 0 Å². The molecule has 3 N–H and O–H groups in total. The molecule has 4 nitrogen and oxygen atoms in total. The topological polar surface area (TPSA) is 64.3 Å². The van der Waals surface area contributed by atoms with Gasteiger partial charge in [0, 0.05) is 12.5 Å². The summed E-state index contributed by atoms with van der Waals surface area (Å²) < 4.78 is 18.9. The maximum Gasteiger partial charge on any atom is 0.245 e. The van der Waals surface area contributed by atoms with Gasteiger partial charge in [0.2, 0.25) is 5.91 Å². The lowest BCUT2D eigenvalue weighted by atomic mass is 10.1. The summed E-state index contributed by atoms with van der Waals surface area (Å²) in [7, 11) is 0. The van der Waals surface area contributed by atoms with E-state index in [0.717, 1.165) is 0 Å². The number of fused-ring (bicyclic) bond motifs is 1. The van der Waals surface area contributed by atoms with Gasteiger partial charge in [0.25, 0.3) is 0 Å². The van der Waals surface area contributed by atoms with Crippen LogP contribution in [0, 0.1) is 5.82 Å². The van der Waals surface area contributed by atoms with Crippen LogP contribution in [0.1, 0.15) is 6.42 Å². The standard InChI is InChI=1S/C16H17FN2O2/c1-2-3-4-5-6-7-14-15(18)16(20)19-12-10-11(17)8-9-13(12)21-14/h2-6,8-10,14-15H,1,7,18H2,(H,19,20)/b4-3-,6-5-/t14-,15+/m1/s1. The van der Waals surface area contributed by atoms with Crippen molar-refractivity contribution in [3.05, 3.63) is 61.0 Å². The number of anilines is 1. The third kappa shape index (κ3) is 3.79. The van der Waals surface area contributed by atoms with E-state index in [1.165, 1.54) is 18.2 Å². The highest BCUT2D eigenvalue weighted by molar-refractivity contribution is 5.97. The Morgan fingerprint density at radius 2 is 2.19 bits per heavy atom. The minimum atomic E-state index is -0.825. The van der Waals surface area contributed by atoms with E-state index in [9.17, 15) is 9.18 Å². The van der Waals surface area contributed by atoms with E-state index in [1.807, 2.05) is 18.2 Å². The van der Waals surface area contributed by atoms with Crippen LogP contribution in [0.3, 0.4) is 0 Å². The molecule has 5 heteroatoms. The van der Waals surface area contributed by atoms with Gasteiger partial charge in [-0.15, -0.1) is 0 Å². The maximum atomic E-state index is 13.2. The highest BCUT2D eigenvalue weighted by Crippen LogP contribution is 2.30. The van der Waals surface area contributed by atoms with Crippen molar-refractivity contribution in [2.75, 3.05) is 5.32 Å². The van der Waals surface area contributed by atoms with E-state index in [4.69, 9.17) is 10.5 Å². The number of nitrogens with two attached hydrogens (primary N) is 1. The third-order valence-electron chi connectivity index (χ3n) is 3.04. The van der Waals surface area contributed by atoms with Crippen LogP contribution >= 0.6 is 0 Å². The summed E-state index contributed by atoms with van der Waals surface area (Å²) in [6.07, 6.45) is 8.90. The molecule has 1 amide bonds. The third-order valence-corrected chi connectivity index (χ3v) is 3.04. The number of ether oxygens (including phenoxy) is 1. The largest absolute Gasteiger partial charge is 0.486 e. The quantitative estimate of drug-likeness (QED) is 0.837. The Labute approximate surface area is 122 Å². The molecule has 2 rings (SSSR count). The van der Waals surface area contributed by atoms with Gasteiger partial charge < -0.3 is 15.8 Å². The first-order valence-corrected chi connectivity index (χ1v) is 6.58. The highest BCUT2D eigenvalue weighted by Gasteiger charge is 2.30. The maximum absolute atomic E-state index is 13.2. The SMILES string of the molecule is C=C/C=C\C=C/C[C@H]1Oc2ccc(F)cc2NC(=O)[C@H]1N. The van der Waals surface area contributed by atoms with E-state index in [0.29, 0.717) is 17.9 Å². The van der Waals surface area contributed by atoms with Gasteiger partial charge in [-0.2, -0.15) is 0 Å². The molecule has 1 aromatic carbocycles. The van der Waals surface area contributed by atoms with Gasteiger partial charge in [-0.3, -0.25) is 4.79 Å². The first-order valence-electron chi connectivity index (χ1n) is 6.58. The first-order chi connectivity index (χ1) is 10.1. The predicted octanol–water partition coefficient (Wildman–Crippen LogP) is 2.54. The molecule has 1 heterocycles. The Balaban J connectivity index is 2.16. The molecule has 0 unspecified atom stereocenters. The number of amides is 1. The number of carbonyl (C=O) groups excluding carboxylic acids is 1. The van der Waals surface area contributed by atoms with Crippen molar-refractivity contribution in [3.8, 4) is 5.75 Å². The van der Waals surface area contributed by atoms with Gasteiger partial charge in [0.05, 0.1) is 5.69 Å². The molecule has 0 saturated heterocycles. The molecule has 110 valence electrons. The molecule has 0 bridgehead atoms. The minimum absolute atomic E-state index is 0.300. The zero-order valence-corrected chi connectivity index (χ0v) is 11.5. The van der Waals surface area contributed by atoms with Gasteiger partial charge in [0.15, 0.2) is 0 Å². The highest BCUT2D eigenvalue weighted by atomic mass is 19.1. The van der Waals surface area contributed by atoms with Crippen LogP contribution < -0.4 is 15.8 Å². The fraction of sp³-hybridized carbons (Fsp3) is 0.188. The Hall–Kier alpha value is -2.40. The lowest BCUT2D eigenvalue weighted by molar-refractivity contribution is -0.118. The first kappa shape index (κ1) is 15.0. The lowest BCUT2D eigenvalue weighted by Crippen LogP contribution is -2.46. The molecule has 1 aliphatic heterocycles. The monoisotopic (exact) mass is 288 g/mol. The molecule has 0 saturated carbocycles. The fourth-order valence-corrected chi connectivity index (χ4v) is 1.95. The van der Waals surface area contributed by atoms with Gasteiger partial charge in [-0.05, 0) is 12.1 Å². The molecule has 0 aliphatic carbocycles. The average Bonchev–Trinajstić information content (AvgIpc) is 2.57. The van der Waals surface area contributed by atoms with E-state index in [-0.39, 0.29) is 5.91 Å². The second-order valence-electron chi connectivity index (χ2n) is 4.60. The van der Waals surface area contributed by atoms with Crippen molar-refractivity contribution in [3.63, 3.8) is 0 Å². The molecule has 0 spiro atoms. The smallest absolute Gasteiger partial charge is 0.245 e. The van der Waals surface area contributed by atoms with E-state index >= 15 is 0 Å². The van der Waals surface area contributed by atoms with E-state index in [1.54, 1.807) is 12.2 Å². The molecule has 0 aromatic heterocycles. The van der Waals surface area contributed by atoms with Gasteiger partial charge in [-0.25, -0.2) is 4.39 Å². The molecule has 2 atom stereocenters. The van der Waals surface area contributed by atoms with Gasteiger partial charge >= 0.3 is 0 Å². The second-order valence-corrected chi connectivity index (χ2v) is 4.60. The number of carbonyl (C=O) groups is 1. The second kappa shape index (κ2) is 6.85. The van der Waals surface area contributed by atoms with Crippen LogP contribution in [0.2, 0.25) is 0 Å². The van der Waals surface area contributed by atoms with Crippen LogP contribution in [0.4, 0.5) is 10.1 Å². The molecule has 21 heavy (non-hydrogen) atoms. The van der Waals surface area contributed by atoms with E-state index < -0.39 is 18.0 Å². The number of hydrogen-bond acceptors (Lipinski definition) is 3. The number of allylic oxidation sites excluding steroid dienone is 4. The number of nitrogens with one attached hydrogen (secondary N) is 1. The summed E-state index contributed by atoms with van der Waals surface area (Å²) >= 11 is 0. The van der Waals surface area contributed by atoms with Crippen LogP contribution in [0.5, 0.6) is 5.75 Å². The zero-order valence-electron chi connectivity index (χ0n) is 11.5. The number of halogens is 1. The van der Waals surface area contributed by atoms with Crippen molar-refractivity contribution in [2.45, 2.75) is 18.6 Å². The van der Waals surface area contributed by atoms with Crippen LogP contribution in [-0.4, -0.2) is 18.1 Å². The molecule has 0 radical (unpaired) electrons. The van der Waals surface area contributed by atoms with Crippen LogP contribution in [0.25, 0.3) is 0 Å². The van der Waals surface area contributed by atoms with Crippen molar-refractivity contribution in [1.29, 1.82) is 0 Å². The molecular formula is C16H17FN2O2. The van der Waals surface area contributed by atoms with Crippen molar-refractivity contribution < 1.29 is 13.9 Å². The summed E-state index contributed by atoms with van der Waals surface area (Å²) in [5, 5.41) is 2.57. The van der Waals surface area contributed by atoms with Crippen molar-refractivity contribution in [2.24, 2.45) is 5.73 Å². The predicted molar refractivity (Wildman–Crippen MR) is 80.5 cm³/mol. The summed E-state index contributed by atoms with van der Waals surface area (Å²) in [4.78, 5) is 11.9. The van der Waals surface area contributed by atoms with Gasteiger partial charge in [0.1, 0.15) is 23.7 Å². The summed E-state index contributed by atoms with van der Waals surface area (Å²) in [5.74, 6) is -0.420. The fourth-order valence-electron chi connectivity index (χ4n) is 1.95. The Bertz CT molecular complexity index is 596. The Morgan fingerprint density at radius 1 is 1.38 bits per heavy atom. The van der Waals surface area contributed by atoms with Crippen molar-refractivity contribution >= 4 is 11.6 Å². The summed E-state index contributed by atoms with van der Waals surface area (Å²) in [6, 6.07) is 3.15. The molecule has 1 aliphatic rings.